The number of hydrogen-bond acceptors (Lipinski definition) is 2. The summed E-state index contributed by atoms with van der Waals surface area (Å²) < 4.78 is 13.7. The van der Waals surface area contributed by atoms with Gasteiger partial charge in [0.1, 0.15) is 0 Å². The van der Waals surface area contributed by atoms with Crippen LogP contribution in [0, 0.1) is 0 Å². The normalized spacial score (nSPS) is 12.3. The zero-order valence-electron chi connectivity index (χ0n) is 3.47. The van der Waals surface area contributed by atoms with Crippen molar-refractivity contribution < 1.29 is 14.0 Å². The minimum atomic E-state index is -2.64. The Morgan fingerprint density at radius 1 is 1.86 bits per heavy atom. The van der Waals surface area contributed by atoms with Crippen molar-refractivity contribution in [1.82, 2.24) is 0 Å². The molecule has 5 heteroatoms. The van der Waals surface area contributed by atoms with Gasteiger partial charge in [-0.25, -0.2) is 0 Å². The molecule has 0 aromatic carbocycles. The van der Waals surface area contributed by atoms with Crippen LogP contribution in [0.2, 0.25) is 0 Å². The van der Waals surface area contributed by atoms with E-state index < -0.39 is 8.25 Å². The molecule has 0 spiro atoms. The van der Waals surface area contributed by atoms with Gasteiger partial charge in [0.2, 0.25) is 0 Å². The number of hydrogen-bond donors (Lipinski definition) is 1. The molecule has 0 aromatic heterocycles. The van der Waals surface area contributed by atoms with Crippen molar-refractivity contribution in [1.29, 1.82) is 0 Å². The van der Waals surface area contributed by atoms with Crippen LogP contribution < -0.4 is 0 Å². The Morgan fingerprint density at radius 3 is 2.29 bits per heavy atom. The third kappa shape index (κ3) is 11.0. The molecule has 0 saturated carbocycles. The van der Waals surface area contributed by atoms with E-state index >= 15 is 0 Å². The fourth-order valence-electron chi connectivity index (χ4n) is 0.123. The van der Waals surface area contributed by atoms with Gasteiger partial charge in [0.05, 0.1) is 6.61 Å². The Labute approximate surface area is 65.3 Å². The summed E-state index contributed by atoms with van der Waals surface area (Å²) in [6.07, 6.45) is 0. The Balaban J connectivity index is 0. The van der Waals surface area contributed by atoms with Crippen LogP contribution in [0.5, 0.6) is 0 Å². The average Bonchev–Trinajstić information content (AvgIpc) is 1.35. The molecule has 1 N–H and O–H groups in total. The molecule has 0 rings (SSSR count). The Morgan fingerprint density at radius 2 is 2.29 bits per heavy atom. The molecule has 0 bridgehead atoms. The van der Waals surface area contributed by atoms with E-state index in [1.807, 2.05) is 0 Å². The molecule has 0 radical (unpaired) electrons. The van der Waals surface area contributed by atoms with E-state index in [2.05, 4.69) is 4.52 Å². The maximum atomic E-state index is 9.56. The zero-order valence-corrected chi connectivity index (χ0v) is 4.47. The maximum absolute atomic E-state index is 9.56. The van der Waals surface area contributed by atoms with Gasteiger partial charge in [0.25, 0.3) is 0 Å². The molecule has 0 aliphatic carbocycles. The van der Waals surface area contributed by atoms with Crippen molar-refractivity contribution in [2.75, 3.05) is 6.61 Å². The predicted molar refractivity (Wildman–Crippen MR) is 30.0 cm³/mol. The SMILES string of the molecule is CCO[PH](=O)O.[NaH]. The molecule has 1 atom stereocenters. The zero-order chi connectivity index (χ0) is 4.99. The van der Waals surface area contributed by atoms with Gasteiger partial charge in [-0.2, -0.15) is 0 Å². The second-order valence-electron chi connectivity index (χ2n) is 0.699. The molecule has 0 amide bonds. The predicted octanol–water partition coefficient (Wildman–Crippen LogP) is -0.244. The van der Waals surface area contributed by atoms with Gasteiger partial charge in [-0.05, 0) is 6.92 Å². The van der Waals surface area contributed by atoms with Crippen molar-refractivity contribution >= 4 is 37.8 Å². The summed E-state index contributed by atoms with van der Waals surface area (Å²) >= 11 is 0. The molecule has 0 heterocycles. The van der Waals surface area contributed by atoms with Crippen molar-refractivity contribution in [3.05, 3.63) is 0 Å². The van der Waals surface area contributed by atoms with E-state index in [1.165, 1.54) is 0 Å². The van der Waals surface area contributed by atoms with E-state index in [1.54, 1.807) is 6.92 Å². The second-order valence-corrected chi connectivity index (χ2v) is 1.52. The molecule has 40 valence electrons. The van der Waals surface area contributed by atoms with Crippen molar-refractivity contribution in [3.8, 4) is 0 Å². The number of rotatable bonds is 2. The van der Waals surface area contributed by atoms with Gasteiger partial charge < -0.3 is 9.42 Å². The molecule has 0 saturated heterocycles. The standard InChI is InChI=1S/C2H7O3P.Na.H/c1-2-5-6(3)4;;/h6H,2H2,1H3,(H,3,4);;. The van der Waals surface area contributed by atoms with E-state index in [4.69, 9.17) is 4.89 Å². The van der Waals surface area contributed by atoms with Gasteiger partial charge in [-0.1, -0.05) is 0 Å². The van der Waals surface area contributed by atoms with Crippen LogP contribution in [-0.2, 0) is 9.09 Å². The quantitative estimate of drug-likeness (QED) is 0.418. The topological polar surface area (TPSA) is 46.5 Å². The molecule has 1 unspecified atom stereocenters. The third-order valence-corrected chi connectivity index (χ3v) is 0.803. The van der Waals surface area contributed by atoms with Crippen molar-refractivity contribution in [3.63, 3.8) is 0 Å². The molecule has 7 heavy (non-hydrogen) atoms. The van der Waals surface area contributed by atoms with E-state index in [9.17, 15) is 4.57 Å². The Hall–Kier alpha value is 1.15. The van der Waals surface area contributed by atoms with Crippen molar-refractivity contribution in [2.45, 2.75) is 6.92 Å². The van der Waals surface area contributed by atoms with Gasteiger partial charge in [0, 0.05) is 0 Å². The van der Waals surface area contributed by atoms with Gasteiger partial charge in [-0.15, -0.1) is 0 Å². The summed E-state index contributed by atoms with van der Waals surface area (Å²) in [6, 6.07) is 0. The second kappa shape index (κ2) is 7.15. The molecule has 0 fully saturated rings. The van der Waals surface area contributed by atoms with Gasteiger partial charge >= 0.3 is 37.8 Å². The summed E-state index contributed by atoms with van der Waals surface area (Å²) in [5.41, 5.74) is 0. The summed E-state index contributed by atoms with van der Waals surface area (Å²) in [4.78, 5) is 7.88. The molecular weight excluding hydrogens is 126 g/mol. The van der Waals surface area contributed by atoms with Crippen LogP contribution in [0.1, 0.15) is 6.92 Å². The summed E-state index contributed by atoms with van der Waals surface area (Å²) in [6.45, 7) is 1.98. The van der Waals surface area contributed by atoms with Gasteiger partial charge in [-0.3, -0.25) is 4.57 Å². The van der Waals surface area contributed by atoms with Crippen LogP contribution in [0.4, 0.5) is 0 Å². The van der Waals surface area contributed by atoms with E-state index in [0.717, 1.165) is 0 Å². The molecular formula is C2H8NaO3P. The van der Waals surface area contributed by atoms with Crippen LogP contribution in [-0.4, -0.2) is 41.1 Å². The molecule has 0 aliphatic rings. The molecule has 0 aromatic rings. The minimum absolute atomic E-state index is 0. The Bertz CT molecular complexity index is 56.9. The van der Waals surface area contributed by atoms with Crippen molar-refractivity contribution in [2.24, 2.45) is 0 Å². The monoisotopic (exact) mass is 134 g/mol. The van der Waals surface area contributed by atoms with Crippen LogP contribution in [0.15, 0.2) is 0 Å². The first-order valence-electron chi connectivity index (χ1n) is 1.63. The fourth-order valence-corrected chi connectivity index (χ4v) is 0.370. The van der Waals surface area contributed by atoms with Crippen LogP contribution >= 0.6 is 8.25 Å². The first-order valence-corrected chi connectivity index (χ1v) is 2.89. The first-order chi connectivity index (χ1) is 2.77. The van der Waals surface area contributed by atoms with E-state index in [-0.39, 0.29) is 29.6 Å². The van der Waals surface area contributed by atoms with Gasteiger partial charge in [0.15, 0.2) is 0 Å². The molecule has 3 nitrogen and oxygen atoms in total. The summed E-state index contributed by atoms with van der Waals surface area (Å²) in [5, 5.41) is 0. The average molecular weight is 134 g/mol. The first kappa shape index (κ1) is 11.0. The van der Waals surface area contributed by atoms with E-state index in [0.29, 0.717) is 6.61 Å². The van der Waals surface area contributed by atoms with Crippen LogP contribution in [0.25, 0.3) is 0 Å². The third-order valence-electron chi connectivity index (χ3n) is 0.268. The Kier molecular flexibility index (Phi) is 11.3. The molecule has 0 aliphatic heterocycles. The summed E-state index contributed by atoms with van der Waals surface area (Å²) in [5.74, 6) is 0. The summed E-state index contributed by atoms with van der Waals surface area (Å²) in [7, 11) is -2.64. The van der Waals surface area contributed by atoms with Crippen LogP contribution in [0.3, 0.4) is 0 Å². The fraction of sp³-hybridized carbons (Fsp3) is 1.00.